The standard InChI is InChI=1S/C43H53F2N9O2/c1-8-34(53-47)23-48-13-16-56-24-35(55)18-32-12-15-54(14-11-25(32)2)43-49-21-33(22-50-43)41-38(45)19-39-42(52-41)40(29(6)30(7)51-39)28(5)26(3)27(4)36-17-31(20-46)9-10-37(36)44/h9-10,17,19,21-23,25-28,32H,8,11-16,18,24,47H2,1-7H3/b48-23?,53-34-/t25?,26?,27-,28?,32?/m0/s1. The molecule has 1 saturated heterocycles. The number of nitrogens with two attached hydrogens (primary N) is 1. The number of halogens is 2. The number of carbonyl (C=O) groups excluding carboxylic acids is 1. The normalized spacial score (nSPS) is 18.1. The average molecular weight is 766 g/mol. The summed E-state index contributed by atoms with van der Waals surface area (Å²) < 4.78 is 36.4. The molecule has 0 aliphatic carbocycles. The Labute approximate surface area is 328 Å². The summed E-state index contributed by atoms with van der Waals surface area (Å²) in [5.74, 6) is 5.18. The molecule has 0 radical (unpaired) electrons. The van der Waals surface area contributed by atoms with Crippen molar-refractivity contribution in [2.24, 2.45) is 33.7 Å². The molecule has 3 aromatic heterocycles. The molecule has 296 valence electrons. The summed E-state index contributed by atoms with van der Waals surface area (Å²) >= 11 is 0. The average Bonchev–Trinajstić information content (AvgIpc) is 3.38. The third-order valence-corrected chi connectivity index (χ3v) is 11.6. The van der Waals surface area contributed by atoms with Crippen molar-refractivity contribution >= 4 is 34.7 Å². The van der Waals surface area contributed by atoms with E-state index in [0.717, 1.165) is 36.2 Å². The number of ether oxygens (including phenoxy) is 1. The molecule has 5 atom stereocenters. The lowest BCUT2D eigenvalue weighted by Crippen LogP contribution is -2.26. The van der Waals surface area contributed by atoms with E-state index < -0.39 is 5.82 Å². The molecule has 4 aromatic rings. The SMILES string of the molecule is CC/C(C=NCCOCC(=O)CC1CCN(c2ncc(-c3nc4c(C(C)C(C)[C@H](C)c5cc(C#N)ccc5F)c(C)c(C)nc4cc3F)cn2)CCC1C)=N/N. The van der Waals surface area contributed by atoms with Gasteiger partial charge in [-0.25, -0.2) is 23.7 Å². The lowest BCUT2D eigenvalue weighted by Gasteiger charge is -2.29. The van der Waals surface area contributed by atoms with Gasteiger partial charge in [-0.3, -0.25) is 14.8 Å². The second kappa shape index (κ2) is 19.1. The highest BCUT2D eigenvalue weighted by Gasteiger charge is 2.29. The largest absolute Gasteiger partial charge is 0.372 e. The van der Waals surface area contributed by atoms with Gasteiger partial charge >= 0.3 is 0 Å². The number of rotatable bonds is 15. The van der Waals surface area contributed by atoms with E-state index in [9.17, 15) is 14.4 Å². The Bertz CT molecular complexity index is 2120. The highest BCUT2D eigenvalue weighted by molar-refractivity contribution is 6.30. The summed E-state index contributed by atoms with van der Waals surface area (Å²) in [6, 6.07) is 7.97. The van der Waals surface area contributed by atoms with Crippen molar-refractivity contribution in [2.45, 2.75) is 86.0 Å². The van der Waals surface area contributed by atoms with Crippen molar-refractivity contribution in [1.82, 2.24) is 19.9 Å². The fraction of sp³-hybridized carbons (Fsp3) is 0.488. The molecule has 56 heavy (non-hydrogen) atoms. The number of nitriles is 1. The Morgan fingerprint density at radius 2 is 1.82 bits per heavy atom. The van der Waals surface area contributed by atoms with Crippen LogP contribution >= 0.6 is 0 Å². The van der Waals surface area contributed by atoms with Gasteiger partial charge in [0.1, 0.15) is 18.1 Å². The van der Waals surface area contributed by atoms with Crippen LogP contribution in [-0.2, 0) is 9.53 Å². The van der Waals surface area contributed by atoms with Gasteiger partial charge in [-0.1, -0.05) is 34.6 Å². The van der Waals surface area contributed by atoms with E-state index in [2.05, 4.69) is 56.8 Å². The first-order chi connectivity index (χ1) is 26.9. The van der Waals surface area contributed by atoms with Crippen molar-refractivity contribution < 1.29 is 18.3 Å². The number of hydrogen-bond donors (Lipinski definition) is 1. The number of hydrazone groups is 1. The van der Waals surface area contributed by atoms with Crippen LogP contribution in [0.5, 0.6) is 0 Å². The van der Waals surface area contributed by atoms with Crippen molar-refractivity contribution in [3.63, 3.8) is 0 Å². The van der Waals surface area contributed by atoms with Gasteiger partial charge in [0.15, 0.2) is 11.6 Å². The Morgan fingerprint density at radius 3 is 2.52 bits per heavy atom. The molecule has 4 heterocycles. The molecule has 0 bridgehead atoms. The second-order valence-corrected chi connectivity index (χ2v) is 15.1. The lowest BCUT2D eigenvalue weighted by molar-refractivity contribution is -0.124. The lowest BCUT2D eigenvalue weighted by atomic mass is 9.76. The molecule has 0 amide bonds. The van der Waals surface area contributed by atoms with E-state index in [1.807, 2.05) is 27.7 Å². The number of Topliss-reactive ketones (excluding diaryl/α,β-unsaturated/α-hetero) is 1. The summed E-state index contributed by atoms with van der Waals surface area (Å²) in [5, 5.41) is 13.1. The summed E-state index contributed by atoms with van der Waals surface area (Å²) in [5.41, 5.74) is 5.83. The van der Waals surface area contributed by atoms with Gasteiger partial charge in [-0.15, -0.1) is 0 Å². The number of aliphatic imine (C=N–C) groups is 1. The number of aryl methyl sites for hydroxylation is 1. The topological polar surface area (TPSA) is 156 Å². The molecular formula is C43H53F2N9O2. The van der Waals surface area contributed by atoms with Crippen LogP contribution in [0, 0.1) is 54.6 Å². The van der Waals surface area contributed by atoms with Crippen molar-refractivity contribution in [3.05, 3.63) is 76.2 Å². The maximum absolute atomic E-state index is 15.8. The van der Waals surface area contributed by atoms with E-state index in [0.29, 0.717) is 77.8 Å². The maximum atomic E-state index is 15.8. The van der Waals surface area contributed by atoms with E-state index >= 15 is 4.39 Å². The predicted octanol–water partition coefficient (Wildman–Crippen LogP) is 8.02. The number of aromatic nitrogens is 4. The van der Waals surface area contributed by atoms with Gasteiger partial charge in [0.2, 0.25) is 5.95 Å². The van der Waals surface area contributed by atoms with Crippen molar-refractivity contribution in [1.29, 1.82) is 5.26 Å². The minimum Gasteiger partial charge on any atom is -0.372 e. The molecule has 0 saturated carbocycles. The summed E-state index contributed by atoms with van der Waals surface area (Å²) in [7, 11) is 0. The van der Waals surface area contributed by atoms with Gasteiger partial charge in [-0.05, 0) is 97.6 Å². The minimum atomic E-state index is -0.528. The van der Waals surface area contributed by atoms with Gasteiger partial charge in [0.05, 0.1) is 41.5 Å². The highest BCUT2D eigenvalue weighted by Crippen LogP contribution is 2.41. The summed E-state index contributed by atoms with van der Waals surface area (Å²) in [6.45, 7) is 16.4. The number of ketones is 1. The molecule has 2 N–H and O–H groups in total. The van der Waals surface area contributed by atoms with Crippen LogP contribution < -0.4 is 10.7 Å². The molecule has 4 unspecified atom stereocenters. The number of hydrogen-bond acceptors (Lipinski definition) is 11. The van der Waals surface area contributed by atoms with E-state index in [-0.39, 0.29) is 47.6 Å². The van der Waals surface area contributed by atoms with E-state index in [4.69, 9.17) is 15.6 Å². The minimum absolute atomic E-state index is 0.0591. The first kappa shape index (κ1) is 41.9. The Kier molecular flexibility index (Phi) is 14.3. The molecular weight excluding hydrogens is 713 g/mol. The summed E-state index contributed by atoms with van der Waals surface area (Å²) in [4.78, 5) is 38.0. The maximum Gasteiger partial charge on any atom is 0.225 e. The van der Waals surface area contributed by atoms with Gasteiger partial charge < -0.3 is 15.5 Å². The van der Waals surface area contributed by atoms with Gasteiger partial charge in [0, 0.05) is 55.4 Å². The number of pyridine rings is 2. The molecule has 13 heteroatoms. The van der Waals surface area contributed by atoms with Crippen LogP contribution in [0.3, 0.4) is 0 Å². The Balaban J connectivity index is 1.28. The molecule has 1 fully saturated rings. The van der Waals surface area contributed by atoms with Gasteiger partial charge in [0.25, 0.3) is 0 Å². The number of carbonyl (C=O) groups is 1. The van der Waals surface area contributed by atoms with E-state index in [1.165, 1.54) is 18.2 Å². The van der Waals surface area contributed by atoms with Crippen LogP contribution in [0.15, 0.2) is 46.8 Å². The summed E-state index contributed by atoms with van der Waals surface area (Å²) in [6.07, 6.45) is 7.67. The third kappa shape index (κ3) is 9.77. The fourth-order valence-electron chi connectivity index (χ4n) is 7.56. The smallest absolute Gasteiger partial charge is 0.225 e. The molecule has 11 nitrogen and oxygen atoms in total. The van der Waals surface area contributed by atoms with Crippen LogP contribution in [0.4, 0.5) is 14.7 Å². The van der Waals surface area contributed by atoms with Crippen LogP contribution in [-0.4, -0.2) is 70.5 Å². The first-order valence-electron chi connectivity index (χ1n) is 19.5. The van der Waals surface area contributed by atoms with Crippen molar-refractivity contribution in [2.75, 3.05) is 37.7 Å². The quantitative estimate of drug-likeness (QED) is 0.0548. The molecule has 1 aliphatic rings. The molecule has 5 rings (SSSR count). The molecule has 1 aliphatic heterocycles. The Hall–Kier alpha value is -5.22. The van der Waals surface area contributed by atoms with Gasteiger partial charge in [-0.2, -0.15) is 10.4 Å². The Morgan fingerprint density at radius 1 is 1.09 bits per heavy atom. The zero-order valence-electron chi connectivity index (χ0n) is 33.5. The number of fused-ring (bicyclic) bond motifs is 1. The zero-order chi connectivity index (χ0) is 40.5. The second-order valence-electron chi connectivity index (χ2n) is 15.1. The number of benzene rings is 1. The number of anilines is 1. The third-order valence-electron chi connectivity index (χ3n) is 11.6. The fourth-order valence-corrected chi connectivity index (χ4v) is 7.56. The zero-order valence-corrected chi connectivity index (χ0v) is 33.5. The van der Waals surface area contributed by atoms with Crippen LogP contribution in [0.2, 0.25) is 0 Å². The van der Waals surface area contributed by atoms with E-state index in [1.54, 1.807) is 24.7 Å². The molecule has 0 spiro atoms. The monoisotopic (exact) mass is 765 g/mol. The van der Waals surface area contributed by atoms with Crippen molar-refractivity contribution in [3.8, 4) is 17.3 Å². The number of nitrogens with zero attached hydrogens (tertiary/aromatic N) is 8. The first-order valence-corrected chi connectivity index (χ1v) is 19.5. The molecule has 1 aromatic carbocycles. The predicted molar refractivity (Wildman–Crippen MR) is 217 cm³/mol. The van der Waals surface area contributed by atoms with Crippen LogP contribution in [0.25, 0.3) is 22.3 Å². The highest BCUT2D eigenvalue weighted by atomic mass is 19.1. The van der Waals surface area contributed by atoms with Crippen LogP contribution in [0.1, 0.15) is 100 Å².